The SMILES string of the molecule is O=C(Cn1c(=O)[nH]c2ccccc2c1=O)Nc1ccc(Oc2ncccn2)cc1. The second-order valence-electron chi connectivity index (χ2n) is 6.07. The topological polar surface area (TPSA) is 119 Å². The first kappa shape index (κ1) is 18.1. The number of carbonyl (C=O) groups excluding carboxylic acids is 1. The Bertz CT molecular complexity index is 1280. The van der Waals surface area contributed by atoms with Crippen LogP contribution in [-0.2, 0) is 11.3 Å². The van der Waals surface area contributed by atoms with Crippen LogP contribution in [0.2, 0.25) is 0 Å². The number of rotatable bonds is 5. The average Bonchev–Trinajstić information content (AvgIpc) is 2.73. The lowest BCUT2D eigenvalue weighted by Crippen LogP contribution is -2.38. The zero-order valence-corrected chi connectivity index (χ0v) is 15.0. The van der Waals surface area contributed by atoms with Crippen LogP contribution in [0.5, 0.6) is 11.8 Å². The Morgan fingerprint density at radius 3 is 2.48 bits per heavy atom. The van der Waals surface area contributed by atoms with E-state index in [9.17, 15) is 14.4 Å². The highest BCUT2D eigenvalue weighted by molar-refractivity contribution is 5.90. The third kappa shape index (κ3) is 4.03. The summed E-state index contributed by atoms with van der Waals surface area (Å²) in [4.78, 5) is 47.5. The van der Waals surface area contributed by atoms with Crippen molar-refractivity contribution in [2.45, 2.75) is 6.54 Å². The summed E-state index contributed by atoms with van der Waals surface area (Å²) in [5.74, 6) is -0.00988. The number of ether oxygens (including phenoxy) is 1. The number of anilines is 1. The van der Waals surface area contributed by atoms with Crippen LogP contribution in [0, 0.1) is 0 Å². The molecule has 4 aromatic rings. The Hall–Kier alpha value is -4.27. The molecule has 0 fully saturated rings. The largest absolute Gasteiger partial charge is 0.424 e. The number of nitrogens with one attached hydrogen (secondary N) is 2. The minimum absolute atomic E-state index is 0.208. The fourth-order valence-corrected chi connectivity index (χ4v) is 2.74. The molecule has 2 aromatic carbocycles. The summed E-state index contributed by atoms with van der Waals surface area (Å²) in [6.45, 7) is -0.408. The van der Waals surface area contributed by atoms with Crippen molar-refractivity contribution in [2.75, 3.05) is 5.32 Å². The van der Waals surface area contributed by atoms with Gasteiger partial charge in [0.25, 0.3) is 5.56 Å². The molecule has 4 rings (SSSR count). The van der Waals surface area contributed by atoms with Crippen molar-refractivity contribution in [3.05, 3.63) is 87.8 Å². The molecule has 0 aliphatic carbocycles. The first-order chi connectivity index (χ1) is 14.1. The minimum atomic E-state index is -0.643. The van der Waals surface area contributed by atoms with Crippen LogP contribution in [0.1, 0.15) is 0 Å². The van der Waals surface area contributed by atoms with E-state index in [-0.39, 0.29) is 6.01 Å². The molecule has 144 valence electrons. The maximum atomic E-state index is 12.5. The third-order valence-electron chi connectivity index (χ3n) is 4.08. The lowest BCUT2D eigenvalue weighted by Gasteiger charge is -2.09. The van der Waals surface area contributed by atoms with Crippen LogP contribution in [0.25, 0.3) is 10.9 Å². The molecule has 2 aromatic heterocycles. The molecular weight excluding hydrogens is 374 g/mol. The number of aromatic nitrogens is 4. The number of amides is 1. The van der Waals surface area contributed by atoms with Crippen LogP contribution in [-0.4, -0.2) is 25.4 Å². The maximum Gasteiger partial charge on any atom is 0.329 e. The van der Waals surface area contributed by atoms with Gasteiger partial charge in [0.1, 0.15) is 12.3 Å². The Morgan fingerprint density at radius 2 is 1.72 bits per heavy atom. The van der Waals surface area contributed by atoms with Crippen molar-refractivity contribution >= 4 is 22.5 Å². The second-order valence-corrected chi connectivity index (χ2v) is 6.07. The van der Waals surface area contributed by atoms with Crippen LogP contribution in [0.4, 0.5) is 5.69 Å². The molecule has 29 heavy (non-hydrogen) atoms. The molecule has 0 aliphatic heterocycles. The molecule has 9 nitrogen and oxygen atoms in total. The molecule has 2 N–H and O–H groups in total. The monoisotopic (exact) mass is 389 g/mol. The number of H-pyrrole nitrogens is 1. The van der Waals surface area contributed by atoms with Crippen molar-refractivity contribution in [1.29, 1.82) is 0 Å². The van der Waals surface area contributed by atoms with Crippen molar-refractivity contribution in [3.8, 4) is 11.8 Å². The second kappa shape index (κ2) is 7.77. The van der Waals surface area contributed by atoms with Crippen molar-refractivity contribution in [3.63, 3.8) is 0 Å². The summed E-state index contributed by atoms with van der Waals surface area (Å²) in [7, 11) is 0. The molecule has 2 heterocycles. The number of carbonyl (C=O) groups is 1. The molecule has 0 aliphatic rings. The van der Waals surface area contributed by atoms with Gasteiger partial charge in [-0.15, -0.1) is 0 Å². The predicted octanol–water partition coefficient (Wildman–Crippen LogP) is 1.91. The normalized spacial score (nSPS) is 10.6. The number of fused-ring (bicyclic) bond motifs is 1. The Morgan fingerprint density at radius 1 is 1.00 bits per heavy atom. The van der Waals surface area contributed by atoms with E-state index in [1.165, 1.54) is 0 Å². The van der Waals surface area contributed by atoms with Crippen LogP contribution in [0.3, 0.4) is 0 Å². The summed E-state index contributed by atoms with van der Waals surface area (Å²) >= 11 is 0. The number of benzene rings is 2. The van der Waals surface area contributed by atoms with Gasteiger partial charge in [0.05, 0.1) is 10.9 Å². The van der Waals surface area contributed by atoms with Gasteiger partial charge in [0.2, 0.25) is 5.91 Å². The van der Waals surface area contributed by atoms with Gasteiger partial charge < -0.3 is 15.0 Å². The predicted molar refractivity (Wildman–Crippen MR) is 106 cm³/mol. The smallest absolute Gasteiger partial charge is 0.329 e. The standard InChI is InChI=1S/C20H15N5O4/c26-17(12-25-18(27)15-4-1-2-5-16(15)24-20(25)28)23-13-6-8-14(9-7-13)29-19-21-10-3-11-22-19/h1-11H,12H2,(H,23,26)(H,24,28). The number of hydrogen-bond donors (Lipinski definition) is 2. The molecule has 0 bridgehead atoms. The van der Waals surface area contributed by atoms with Crippen LogP contribution < -0.4 is 21.3 Å². The Kier molecular flexibility index (Phi) is 4.85. The van der Waals surface area contributed by atoms with Gasteiger partial charge in [-0.25, -0.2) is 14.8 Å². The molecule has 0 spiro atoms. The summed E-state index contributed by atoms with van der Waals surface area (Å²) < 4.78 is 6.34. The summed E-state index contributed by atoms with van der Waals surface area (Å²) in [5.41, 5.74) is -0.250. The molecule has 0 unspecified atom stereocenters. The number of hydrogen-bond acceptors (Lipinski definition) is 6. The Labute approximate surface area is 163 Å². The van der Waals surface area contributed by atoms with Gasteiger partial charge in [-0.1, -0.05) is 12.1 Å². The Balaban J connectivity index is 1.47. The fourth-order valence-electron chi connectivity index (χ4n) is 2.74. The van der Waals surface area contributed by atoms with E-state index < -0.39 is 23.7 Å². The highest BCUT2D eigenvalue weighted by Gasteiger charge is 2.11. The highest BCUT2D eigenvalue weighted by atomic mass is 16.5. The zero-order valence-electron chi connectivity index (χ0n) is 15.0. The third-order valence-corrected chi connectivity index (χ3v) is 4.08. The molecule has 0 radical (unpaired) electrons. The van der Waals surface area contributed by atoms with E-state index in [2.05, 4.69) is 20.3 Å². The quantitative estimate of drug-likeness (QED) is 0.538. The van der Waals surface area contributed by atoms with Gasteiger partial charge in [0.15, 0.2) is 0 Å². The van der Waals surface area contributed by atoms with Crippen LogP contribution in [0.15, 0.2) is 76.6 Å². The summed E-state index contributed by atoms with van der Waals surface area (Å²) in [5, 5.41) is 2.98. The molecule has 0 saturated heterocycles. The lowest BCUT2D eigenvalue weighted by molar-refractivity contribution is -0.116. The zero-order chi connectivity index (χ0) is 20.2. The number of para-hydroxylation sites is 1. The van der Waals surface area contributed by atoms with Crippen molar-refractivity contribution in [2.24, 2.45) is 0 Å². The van der Waals surface area contributed by atoms with Gasteiger partial charge in [-0.2, -0.15) is 0 Å². The first-order valence-corrected chi connectivity index (χ1v) is 8.67. The van der Waals surface area contributed by atoms with E-state index in [0.29, 0.717) is 22.3 Å². The summed E-state index contributed by atoms with van der Waals surface area (Å²) in [6, 6.07) is 15.1. The molecule has 0 saturated carbocycles. The lowest BCUT2D eigenvalue weighted by atomic mass is 10.2. The van der Waals surface area contributed by atoms with E-state index >= 15 is 0 Å². The van der Waals surface area contributed by atoms with Crippen molar-refractivity contribution < 1.29 is 9.53 Å². The van der Waals surface area contributed by atoms with E-state index in [4.69, 9.17) is 4.74 Å². The average molecular weight is 389 g/mol. The number of nitrogens with zero attached hydrogens (tertiary/aromatic N) is 3. The minimum Gasteiger partial charge on any atom is -0.424 e. The van der Waals surface area contributed by atoms with E-state index in [1.807, 2.05) is 0 Å². The highest BCUT2D eigenvalue weighted by Crippen LogP contribution is 2.19. The molecule has 9 heteroatoms. The van der Waals surface area contributed by atoms with Gasteiger partial charge in [-0.3, -0.25) is 14.2 Å². The summed E-state index contributed by atoms with van der Waals surface area (Å²) in [6.07, 6.45) is 3.13. The molecule has 1 amide bonds. The van der Waals surface area contributed by atoms with Gasteiger partial charge in [0, 0.05) is 18.1 Å². The van der Waals surface area contributed by atoms with Crippen molar-refractivity contribution in [1.82, 2.24) is 19.5 Å². The molecule has 0 atom stereocenters. The maximum absolute atomic E-state index is 12.5. The first-order valence-electron chi connectivity index (χ1n) is 8.67. The van der Waals surface area contributed by atoms with E-state index in [0.717, 1.165) is 4.57 Å². The van der Waals surface area contributed by atoms with Crippen LogP contribution >= 0.6 is 0 Å². The van der Waals surface area contributed by atoms with Gasteiger partial charge >= 0.3 is 11.7 Å². The fraction of sp³-hybridized carbons (Fsp3) is 0.0500. The van der Waals surface area contributed by atoms with Gasteiger partial charge in [-0.05, 0) is 42.5 Å². The molecular formula is C20H15N5O4. The van der Waals surface area contributed by atoms with E-state index in [1.54, 1.807) is 67.0 Å². The number of aromatic amines is 1.